The maximum absolute atomic E-state index is 5.55. The second-order valence-electron chi connectivity index (χ2n) is 4.10. The van der Waals surface area contributed by atoms with E-state index in [0.717, 1.165) is 11.3 Å². The van der Waals surface area contributed by atoms with E-state index in [1.165, 1.54) is 0 Å². The second kappa shape index (κ2) is 7.27. The molecule has 0 radical (unpaired) electrons. The van der Waals surface area contributed by atoms with Gasteiger partial charge in [0.05, 0.1) is 25.4 Å². The number of benzene rings is 1. The summed E-state index contributed by atoms with van der Waals surface area (Å²) < 4.78 is 10.9. The first-order valence-corrected chi connectivity index (χ1v) is 5.97. The summed E-state index contributed by atoms with van der Waals surface area (Å²) in [6.07, 6.45) is 0.202. The number of hydrazine groups is 1. The minimum Gasteiger partial charge on any atom is -0.494 e. The van der Waals surface area contributed by atoms with Crippen molar-refractivity contribution in [2.75, 3.05) is 13.2 Å². The van der Waals surface area contributed by atoms with E-state index < -0.39 is 0 Å². The topological polar surface area (TPSA) is 56.5 Å². The summed E-state index contributed by atoms with van der Waals surface area (Å²) in [5.41, 5.74) is 3.85. The fraction of sp³-hybridized carbons (Fsp3) is 0.538. The van der Waals surface area contributed by atoms with Crippen LogP contribution in [-0.4, -0.2) is 19.3 Å². The molecule has 0 aliphatic rings. The maximum Gasteiger partial charge on any atom is 0.119 e. The first kappa shape index (κ1) is 14.0. The molecule has 1 aromatic rings. The van der Waals surface area contributed by atoms with Crippen LogP contribution < -0.4 is 16.0 Å². The molecule has 4 nitrogen and oxygen atoms in total. The molecule has 4 heteroatoms. The quantitative estimate of drug-likeness (QED) is 0.563. The Kier molecular flexibility index (Phi) is 5.97. The summed E-state index contributed by atoms with van der Waals surface area (Å²) in [5.74, 6) is 6.40. The molecule has 0 saturated carbocycles. The zero-order valence-corrected chi connectivity index (χ0v) is 10.8. The van der Waals surface area contributed by atoms with Gasteiger partial charge in [-0.05, 0) is 38.5 Å². The van der Waals surface area contributed by atoms with E-state index in [4.69, 9.17) is 15.3 Å². The summed E-state index contributed by atoms with van der Waals surface area (Å²) in [4.78, 5) is 0. The van der Waals surface area contributed by atoms with Crippen molar-refractivity contribution < 1.29 is 9.47 Å². The summed E-state index contributed by atoms with van der Waals surface area (Å²) in [5, 5.41) is 0. The zero-order valence-electron chi connectivity index (χ0n) is 10.8. The van der Waals surface area contributed by atoms with Crippen molar-refractivity contribution in [3.8, 4) is 5.75 Å². The third kappa shape index (κ3) is 4.73. The monoisotopic (exact) mass is 238 g/mol. The van der Waals surface area contributed by atoms with Crippen LogP contribution in [-0.2, 0) is 4.74 Å². The average molecular weight is 238 g/mol. The molecule has 0 saturated heterocycles. The molecule has 0 heterocycles. The molecule has 0 spiro atoms. The average Bonchev–Trinajstić information content (AvgIpc) is 2.32. The number of ether oxygens (including phenoxy) is 2. The van der Waals surface area contributed by atoms with Gasteiger partial charge in [0.2, 0.25) is 0 Å². The molecular formula is C13H22N2O2. The van der Waals surface area contributed by atoms with Gasteiger partial charge in [-0.1, -0.05) is 12.1 Å². The first-order chi connectivity index (χ1) is 8.17. The van der Waals surface area contributed by atoms with E-state index in [2.05, 4.69) is 5.43 Å². The molecule has 1 atom stereocenters. The Morgan fingerprint density at radius 2 is 1.88 bits per heavy atom. The van der Waals surface area contributed by atoms with Gasteiger partial charge in [-0.15, -0.1) is 0 Å². The highest BCUT2D eigenvalue weighted by atomic mass is 16.5. The van der Waals surface area contributed by atoms with Crippen molar-refractivity contribution in [2.45, 2.75) is 32.9 Å². The Balaban J connectivity index is 2.61. The standard InChI is InChI=1S/C13H22N2O2/c1-4-16-12-7-5-11(6-8-12)13(15-14)9-17-10(2)3/h5-8,10,13,15H,4,9,14H2,1-3H3. The van der Waals surface area contributed by atoms with E-state index in [1.807, 2.05) is 45.0 Å². The van der Waals surface area contributed by atoms with Crippen LogP contribution in [0, 0.1) is 0 Å². The summed E-state index contributed by atoms with van der Waals surface area (Å²) in [6, 6.07) is 7.89. The van der Waals surface area contributed by atoms with Gasteiger partial charge in [-0.3, -0.25) is 11.3 Å². The van der Waals surface area contributed by atoms with Crippen LogP contribution >= 0.6 is 0 Å². The van der Waals surface area contributed by atoms with Gasteiger partial charge >= 0.3 is 0 Å². The number of nitrogens with one attached hydrogen (secondary N) is 1. The highest BCUT2D eigenvalue weighted by Crippen LogP contribution is 2.18. The predicted octanol–water partition coefficient (Wildman–Crippen LogP) is 2.01. The van der Waals surface area contributed by atoms with Crippen molar-refractivity contribution in [2.24, 2.45) is 5.84 Å². The van der Waals surface area contributed by atoms with E-state index in [9.17, 15) is 0 Å². The van der Waals surface area contributed by atoms with E-state index >= 15 is 0 Å². The molecule has 3 N–H and O–H groups in total. The lowest BCUT2D eigenvalue weighted by atomic mass is 10.1. The van der Waals surface area contributed by atoms with Crippen molar-refractivity contribution in [1.82, 2.24) is 5.43 Å². The van der Waals surface area contributed by atoms with Gasteiger partial charge in [0.25, 0.3) is 0 Å². The van der Waals surface area contributed by atoms with Gasteiger partial charge in [0.15, 0.2) is 0 Å². The highest BCUT2D eigenvalue weighted by Gasteiger charge is 2.10. The van der Waals surface area contributed by atoms with Crippen LogP contribution in [0.4, 0.5) is 0 Å². The Morgan fingerprint density at radius 3 is 2.35 bits per heavy atom. The molecule has 1 rings (SSSR count). The summed E-state index contributed by atoms with van der Waals surface area (Å²) in [6.45, 7) is 7.21. The van der Waals surface area contributed by atoms with Crippen molar-refractivity contribution in [1.29, 1.82) is 0 Å². The van der Waals surface area contributed by atoms with Gasteiger partial charge in [-0.25, -0.2) is 0 Å². The van der Waals surface area contributed by atoms with Crippen molar-refractivity contribution in [3.05, 3.63) is 29.8 Å². The van der Waals surface area contributed by atoms with Gasteiger partial charge in [0.1, 0.15) is 5.75 Å². The Labute approximate surface area is 103 Å². The predicted molar refractivity (Wildman–Crippen MR) is 68.8 cm³/mol. The molecule has 17 heavy (non-hydrogen) atoms. The Bertz CT molecular complexity index is 312. The number of hydrogen-bond donors (Lipinski definition) is 2. The normalized spacial score (nSPS) is 12.8. The molecule has 0 aliphatic carbocycles. The Hall–Kier alpha value is -1.10. The molecule has 1 unspecified atom stereocenters. The number of nitrogens with two attached hydrogens (primary N) is 1. The smallest absolute Gasteiger partial charge is 0.119 e. The lowest BCUT2D eigenvalue weighted by Crippen LogP contribution is -2.32. The molecule has 0 fully saturated rings. The largest absolute Gasteiger partial charge is 0.494 e. The molecule has 1 aromatic carbocycles. The molecule has 0 aromatic heterocycles. The number of rotatable bonds is 7. The van der Waals surface area contributed by atoms with E-state index in [0.29, 0.717) is 13.2 Å². The molecule has 0 amide bonds. The van der Waals surface area contributed by atoms with Crippen LogP contribution in [0.1, 0.15) is 32.4 Å². The fourth-order valence-electron chi connectivity index (χ4n) is 1.49. The fourth-order valence-corrected chi connectivity index (χ4v) is 1.49. The van der Waals surface area contributed by atoms with E-state index in [-0.39, 0.29) is 12.1 Å². The minimum atomic E-state index is 0.00748. The van der Waals surface area contributed by atoms with Crippen LogP contribution in [0.3, 0.4) is 0 Å². The van der Waals surface area contributed by atoms with E-state index in [1.54, 1.807) is 0 Å². The molecule has 0 aliphatic heterocycles. The van der Waals surface area contributed by atoms with Gasteiger partial charge < -0.3 is 9.47 Å². The first-order valence-electron chi connectivity index (χ1n) is 5.97. The zero-order chi connectivity index (χ0) is 12.7. The summed E-state index contributed by atoms with van der Waals surface area (Å²) in [7, 11) is 0. The molecule has 0 bridgehead atoms. The maximum atomic E-state index is 5.55. The van der Waals surface area contributed by atoms with Crippen LogP contribution in [0.25, 0.3) is 0 Å². The third-order valence-corrected chi connectivity index (χ3v) is 2.39. The summed E-state index contributed by atoms with van der Waals surface area (Å²) >= 11 is 0. The molecule has 96 valence electrons. The lowest BCUT2D eigenvalue weighted by molar-refractivity contribution is 0.0611. The SMILES string of the molecule is CCOc1ccc(C(COC(C)C)NN)cc1. The van der Waals surface area contributed by atoms with Crippen LogP contribution in [0.5, 0.6) is 5.75 Å². The van der Waals surface area contributed by atoms with Crippen LogP contribution in [0.15, 0.2) is 24.3 Å². The van der Waals surface area contributed by atoms with Crippen molar-refractivity contribution >= 4 is 0 Å². The Morgan fingerprint density at radius 1 is 1.24 bits per heavy atom. The minimum absolute atomic E-state index is 0.00748. The van der Waals surface area contributed by atoms with Crippen LogP contribution in [0.2, 0.25) is 0 Å². The third-order valence-electron chi connectivity index (χ3n) is 2.39. The lowest BCUT2D eigenvalue weighted by Gasteiger charge is -2.18. The van der Waals surface area contributed by atoms with Crippen molar-refractivity contribution in [3.63, 3.8) is 0 Å². The van der Waals surface area contributed by atoms with Gasteiger partial charge in [-0.2, -0.15) is 0 Å². The molecular weight excluding hydrogens is 216 g/mol. The van der Waals surface area contributed by atoms with Gasteiger partial charge in [0, 0.05) is 0 Å². The second-order valence-corrected chi connectivity index (χ2v) is 4.10. The highest BCUT2D eigenvalue weighted by molar-refractivity contribution is 5.29. The number of hydrogen-bond acceptors (Lipinski definition) is 4.